The quantitative estimate of drug-likeness (QED) is 0.865. The Morgan fingerprint density at radius 2 is 1.80 bits per heavy atom. The van der Waals surface area contributed by atoms with Crippen LogP contribution in [0.25, 0.3) is 10.8 Å². The number of benzene rings is 2. The highest BCUT2D eigenvalue weighted by Crippen LogP contribution is 2.28. The molecule has 1 aliphatic rings. The van der Waals surface area contributed by atoms with Gasteiger partial charge in [-0.05, 0) is 31.4 Å². The summed E-state index contributed by atoms with van der Waals surface area (Å²) in [5.74, 6) is -0.129. The molecular formula is C18H19N3O4. The fraction of sp³-hybridized carbons (Fsp3) is 0.278. The molecule has 0 atom stereocenters. The third-order valence-corrected chi connectivity index (χ3v) is 4.10. The van der Waals surface area contributed by atoms with Crippen molar-refractivity contribution in [3.8, 4) is 5.75 Å². The summed E-state index contributed by atoms with van der Waals surface area (Å²) >= 11 is 0. The minimum absolute atomic E-state index is 0.170. The molecule has 130 valence electrons. The Balaban J connectivity index is 1.89. The van der Waals surface area contributed by atoms with Gasteiger partial charge in [-0.25, -0.2) is 9.80 Å². The van der Waals surface area contributed by atoms with Crippen LogP contribution in [0.4, 0.5) is 4.79 Å². The molecule has 1 fully saturated rings. The molecule has 0 saturated carbocycles. The summed E-state index contributed by atoms with van der Waals surface area (Å²) < 4.78 is 5.32. The first-order valence-corrected chi connectivity index (χ1v) is 7.94. The van der Waals surface area contributed by atoms with Gasteiger partial charge in [0, 0.05) is 17.0 Å². The Morgan fingerprint density at radius 3 is 2.40 bits per heavy atom. The number of urea groups is 1. The molecule has 25 heavy (non-hydrogen) atoms. The van der Waals surface area contributed by atoms with E-state index in [1.807, 2.05) is 24.3 Å². The zero-order chi connectivity index (χ0) is 18.1. The number of nitrogens with one attached hydrogen (secondary N) is 1. The minimum atomic E-state index is -0.522. The van der Waals surface area contributed by atoms with Gasteiger partial charge in [0.15, 0.2) is 0 Å². The zero-order valence-electron chi connectivity index (χ0n) is 14.3. The summed E-state index contributed by atoms with van der Waals surface area (Å²) in [4.78, 5) is 38.0. The molecule has 0 aromatic heterocycles. The SMILES string of the molecule is COc1ccc(C(=O)NN2CC(=O)N(C(C)C)C2=O)c2ccccc12. The Labute approximate surface area is 145 Å². The average molecular weight is 341 g/mol. The third kappa shape index (κ3) is 2.88. The highest BCUT2D eigenvalue weighted by molar-refractivity contribution is 6.10. The summed E-state index contributed by atoms with van der Waals surface area (Å²) in [5.41, 5.74) is 2.93. The van der Waals surface area contributed by atoms with Crippen molar-refractivity contribution < 1.29 is 19.1 Å². The second kappa shape index (κ2) is 6.43. The Hall–Kier alpha value is -3.09. The van der Waals surface area contributed by atoms with E-state index in [-0.39, 0.29) is 18.5 Å². The second-order valence-electron chi connectivity index (χ2n) is 6.03. The molecule has 4 amide bonds. The van der Waals surface area contributed by atoms with Gasteiger partial charge in [-0.2, -0.15) is 0 Å². The van der Waals surface area contributed by atoms with Crippen LogP contribution in [0.2, 0.25) is 0 Å². The molecule has 1 aliphatic heterocycles. The molecule has 1 heterocycles. The predicted octanol–water partition coefficient (Wildman–Crippen LogP) is 2.17. The van der Waals surface area contributed by atoms with Crippen molar-refractivity contribution in [2.45, 2.75) is 19.9 Å². The lowest BCUT2D eigenvalue weighted by Crippen LogP contribution is -2.46. The van der Waals surface area contributed by atoms with Gasteiger partial charge >= 0.3 is 6.03 Å². The first kappa shape index (κ1) is 16.8. The smallest absolute Gasteiger partial charge is 0.346 e. The number of methoxy groups -OCH3 is 1. The molecule has 3 rings (SSSR count). The summed E-state index contributed by atoms with van der Waals surface area (Å²) in [6.07, 6.45) is 0. The van der Waals surface area contributed by atoms with Crippen molar-refractivity contribution in [3.05, 3.63) is 42.0 Å². The lowest BCUT2D eigenvalue weighted by atomic mass is 10.0. The molecule has 0 spiro atoms. The van der Waals surface area contributed by atoms with Gasteiger partial charge in [0.1, 0.15) is 12.3 Å². The number of hydrogen-bond acceptors (Lipinski definition) is 4. The molecule has 0 bridgehead atoms. The topological polar surface area (TPSA) is 79.0 Å². The van der Waals surface area contributed by atoms with E-state index in [9.17, 15) is 14.4 Å². The number of carbonyl (C=O) groups excluding carboxylic acids is 3. The molecule has 0 radical (unpaired) electrons. The van der Waals surface area contributed by atoms with E-state index in [1.54, 1.807) is 33.1 Å². The Kier molecular flexibility index (Phi) is 4.31. The van der Waals surface area contributed by atoms with Crippen molar-refractivity contribution in [1.29, 1.82) is 0 Å². The lowest BCUT2D eigenvalue weighted by Gasteiger charge is -2.20. The van der Waals surface area contributed by atoms with Gasteiger partial charge in [0.25, 0.3) is 11.8 Å². The zero-order valence-corrected chi connectivity index (χ0v) is 14.3. The largest absolute Gasteiger partial charge is 0.496 e. The number of imide groups is 1. The third-order valence-electron chi connectivity index (χ3n) is 4.10. The van der Waals surface area contributed by atoms with Gasteiger partial charge in [0.2, 0.25) is 0 Å². The van der Waals surface area contributed by atoms with E-state index >= 15 is 0 Å². The fourth-order valence-corrected chi connectivity index (χ4v) is 2.94. The van der Waals surface area contributed by atoms with Crippen LogP contribution in [0.15, 0.2) is 36.4 Å². The summed E-state index contributed by atoms with van der Waals surface area (Å²) in [7, 11) is 1.57. The number of nitrogens with zero attached hydrogens (tertiary/aromatic N) is 2. The number of hydrogen-bond donors (Lipinski definition) is 1. The van der Waals surface area contributed by atoms with Crippen LogP contribution in [-0.4, -0.2) is 47.5 Å². The number of carbonyl (C=O) groups is 3. The summed E-state index contributed by atoms with van der Waals surface area (Å²) in [6.45, 7) is 3.33. The van der Waals surface area contributed by atoms with E-state index in [1.165, 1.54) is 0 Å². The van der Waals surface area contributed by atoms with E-state index in [2.05, 4.69) is 5.43 Å². The van der Waals surface area contributed by atoms with Crippen LogP contribution in [0.1, 0.15) is 24.2 Å². The first-order chi connectivity index (χ1) is 11.9. The maximum absolute atomic E-state index is 12.7. The number of ether oxygens (including phenoxy) is 1. The fourth-order valence-electron chi connectivity index (χ4n) is 2.94. The van der Waals surface area contributed by atoms with Crippen LogP contribution >= 0.6 is 0 Å². The van der Waals surface area contributed by atoms with Gasteiger partial charge in [-0.1, -0.05) is 24.3 Å². The molecule has 7 heteroatoms. The normalized spacial score (nSPS) is 14.6. The van der Waals surface area contributed by atoms with E-state index in [4.69, 9.17) is 4.74 Å². The number of rotatable bonds is 4. The van der Waals surface area contributed by atoms with Crippen LogP contribution in [0.3, 0.4) is 0 Å². The van der Waals surface area contributed by atoms with Crippen molar-refractivity contribution in [3.63, 3.8) is 0 Å². The Bertz CT molecular complexity index is 863. The van der Waals surface area contributed by atoms with Gasteiger partial charge in [-0.3, -0.25) is 19.9 Å². The lowest BCUT2D eigenvalue weighted by molar-refractivity contribution is -0.126. The number of amides is 4. The Morgan fingerprint density at radius 1 is 1.12 bits per heavy atom. The van der Waals surface area contributed by atoms with E-state index in [0.29, 0.717) is 16.7 Å². The molecule has 0 unspecified atom stereocenters. The van der Waals surface area contributed by atoms with Crippen LogP contribution < -0.4 is 10.2 Å². The summed E-state index contributed by atoms with van der Waals surface area (Å²) in [5, 5.41) is 2.55. The molecule has 1 N–H and O–H groups in total. The number of fused-ring (bicyclic) bond motifs is 1. The predicted molar refractivity (Wildman–Crippen MR) is 92.1 cm³/mol. The van der Waals surface area contributed by atoms with Crippen molar-refractivity contribution in [2.24, 2.45) is 0 Å². The van der Waals surface area contributed by atoms with Crippen LogP contribution in [0.5, 0.6) is 5.75 Å². The molecule has 0 aliphatic carbocycles. The van der Waals surface area contributed by atoms with Crippen LogP contribution in [-0.2, 0) is 4.79 Å². The van der Waals surface area contributed by atoms with Gasteiger partial charge in [-0.15, -0.1) is 0 Å². The second-order valence-corrected chi connectivity index (χ2v) is 6.03. The summed E-state index contributed by atoms with van der Waals surface area (Å²) in [6, 6.07) is 9.91. The highest BCUT2D eigenvalue weighted by Gasteiger charge is 2.38. The molecule has 1 saturated heterocycles. The molecule has 7 nitrogen and oxygen atoms in total. The number of hydrazine groups is 1. The molecule has 2 aromatic rings. The van der Waals surface area contributed by atoms with Crippen LogP contribution in [0, 0.1) is 0 Å². The first-order valence-electron chi connectivity index (χ1n) is 7.94. The van der Waals surface area contributed by atoms with Crippen molar-refractivity contribution >= 4 is 28.6 Å². The highest BCUT2D eigenvalue weighted by atomic mass is 16.5. The monoisotopic (exact) mass is 341 g/mol. The molecule has 2 aromatic carbocycles. The molecular weight excluding hydrogens is 322 g/mol. The van der Waals surface area contributed by atoms with Crippen molar-refractivity contribution in [1.82, 2.24) is 15.3 Å². The van der Waals surface area contributed by atoms with E-state index < -0.39 is 11.9 Å². The van der Waals surface area contributed by atoms with Gasteiger partial charge in [0.05, 0.1) is 7.11 Å². The average Bonchev–Trinajstić information content (AvgIpc) is 2.87. The standard InChI is InChI=1S/C18H19N3O4/c1-11(2)21-16(22)10-20(18(21)24)19-17(23)14-8-9-15(25-3)13-7-5-4-6-12(13)14/h4-9,11H,10H2,1-3H3,(H,19,23). The van der Waals surface area contributed by atoms with Crippen molar-refractivity contribution in [2.75, 3.05) is 13.7 Å². The minimum Gasteiger partial charge on any atom is -0.496 e. The van der Waals surface area contributed by atoms with Gasteiger partial charge < -0.3 is 4.74 Å². The maximum Gasteiger partial charge on any atom is 0.346 e. The van der Waals surface area contributed by atoms with E-state index in [0.717, 1.165) is 15.3 Å². The maximum atomic E-state index is 12.7.